The molecule has 2 aliphatic rings. The van der Waals surface area contributed by atoms with Crippen LogP contribution in [0.15, 0.2) is 8.96 Å². The van der Waals surface area contributed by atoms with Crippen molar-refractivity contribution in [3.63, 3.8) is 0 Å². The summed E-state index contributed by atoms with van der Waals surface area (Å²) in [7, 11) is 0. The predicted octanol–water partition coefficient (Wildman–Crippen LogP) is -0.0362. The monoisotopic (exact) mass is 408 g/mol. The zero-order valence-corrected chi connectivity index (χ0v) is 12.9. The lowest BCUT2D eigenvalue weighted by Gasteiger charge is -2.16. The summed E-state index contributed by atoms with van der Waals surface area (Å²) < 4.78 is -0.0211. The first-order valence-electron chi connectivity index (χ1n) is 5.31. The van der Waals surface area contributed by atoms with Gasteiger partial charge in [0.05, 0.1) is 0 Å². The predicted molar refractivity (Wildman–Crippen MR) is 68.8 cm³/mol. The molecule has 2 aliphatic heterocycles. The molecule has 0 aliphatic carbocycles. The summed E-state index contributed by atoms with van der Waals surface area (Å²) in [5.41, 5.74) is 0. The van der Waals surface area contributed by atoms with E-state index in [-0.39, 0.29) is 21.8 Å². The van der Waals surface area contributed by atoms with Crippen molar-refractivity contribution in [1.82, 2.24) is 9.96 Å². The second-order valence-electron chi connectivity index (χ2n) is 3.87. The van der Waals surface area contributed by atoms with Crippen molar-refractivity contribution in [2.24, 2.45) is 0 Å². The van der Waals surface area contributed by atoms with E-state index in [2.05, 4.69) is 36.7 Å². The number of imide groups is 2. The van der Waals surface area contributed by atoms with Crippen LogP contribution in [0.25, 0.3) is 0 Å². The van der Waals surface area contributed by atoms with Crippen LogP contribution in [-0.2, 0) is 28.8 Å². The van der Waals surface area contributed by atoms with Gasteiger partial charge in [0.1, 0.15) is 15.5 Å². The Hall–Kier alpha value is -1.55. The molecule has 0 aromatic rings. The molecule has 1 saturated heterocycles. The van der Waals surface area contributed by atoms with Gasteiger partial charge in [-0.3, -0.25) is 24.1 Å². The third-order valence-corrected chi connectivity index (χ3v) is 4.55. The first kappa shape index (κ1) is 14.9. The second kappa shape index (κ2) is 5.44. The average Bonchev–Trinajstić information content (AvgIpc) is 2.80. The fraction of sp³-hybridized carbons (Fsp3) is 0.300. The van der Waals surface area contributed by atoms with Gasteiger partial charge in [-0.1, -0.05) is 0 Å². The zero-order valence-electron chi connectivity index (χ0n) is 9.72. The molecule has 0 aromatic carbocycles. The minimum Gasteiger partial charge on any atom is -0.328 e. The number of amides is 4. The van der Waals surface area contributed by atoms with Crippen LogP contribution >= 0.6 is 31.9 Å². The lowest BCUT2D eigenvalue weighted by molar-refractivity contribution is -0.198. The second-order valence-corrected chi connectivity index (χ2v) is 5.46. The Labute approximate surface area is 128 Å². The summed E-state index contributed by atoms with van der Waals surface area (Å²) in [6.45, 7) is -0.696. The SMILES string of the molecule is O=C(CN1C(=O)C(Br)=C(Br)C1=O)ON1C(=O)CCC1=O. The van der Waals surface area contributed by atoms with Crippen molar-refractivity contribution >= 4 is 61.5 Å². The summed E-state index contributed by atoms with van der Waals surface area (Å²) in [5.74, 6) is -3.75. The zero-order chi connectivity index (χ0) is 15.0. The van der Waals surface area contributed by atoms with E-state index < -0.39 is 36.1 Å². The highest BCUT2D eigenvalue weighted by atomic mass is 79.9. The Kier molecular flexibility index (Phi) is 4.04. The Balaban J connectivity index is 2.00. The number of hydroxylamine groups is 2. The third kappa shape index (κ3) is 2.52. The van der Waals surface area contributed by atoms with Gasteiger partial charge in [0.15, 0.2) is 0 Å². The van der Waals surface area contributed by atoms with Gasteiger partial charge in [-0.05, 0) is 31.9 Å². The van der Waals surface area contributed by atoms with Crippen LogP contribution in [0.5, 0.6) is 0 Å². The maximum Gasteiger partial charge on any atom is 0.352 e. The van der Waals surface area contributed by atoms with Crippen molar-refractivity contribution in [1.29, 1.82) is 0 Å². The molecule has 2 heterocycles. The molecule has 0 bridgehead atoms. The van der Waals surface area contributed by atoms with Gasteiger partial charge in [0.25, 0.3) is 23.6 Å². The quantitative estimate of drug-likeness (QED) is 0.606. The number of nitrogens with zero attached hydrogens (tertiary/aromatic N) is 2. The average molecular weight is 410 g/mol. The van der Waals surface area contributed by atoms with Crippen molar-refractivity contribution in [3.05, 3.63) is 8.96 Å². The van der Waals surface area contributed by atoms with E-state index >= 15 is 0 Å². The Bertz CT molecular complexity index is 544. The molecule has 1 fully saturated rings. The van der Waals surface area contributed by atoms with Gasteiger partial charge in [-0.25, -0.2) is 4.79 Å². The Morgan fingerprint density at radius 3 is 1.90 bits per heavy atom. The van der Waals surface area contributed by atoms with Crippen molar-refractivity contribution in [2.75, 3.05) is 6.54 Å². The largest absolute Gasteiger partial charge is 0.352 e. The summed E-state index contributed by atoms with van der Waals surface area (Å²) in [5, 5.41) is 0.352. The summed E-state index contributed by atoms with van der Waals surface area (Å²) in [6.07, 6.45) is -0.0708. The van der Waals surface area contributed by atoms with E-state index in [0.29, 0.717) is 9.96 Å². The topological polar surface area (TPSA) is 101 Å². The van der Waals surface area contributed by atoms with Crippen LogP contribution in [-0.4, -0.2) is 46.1 Å². The molecule has 0 saturated carbocycles. The number of hydrogen-bond acceptors (Lipinski definition) is 6. The van der Waals surface area contributed by atoms with Gasteiger partial charge in [0.2, 0.25) is 0 Å². The normalized spacial score (nSPS) is 19.5. The van der Waals surface area contributed by atoms with E-state index in [0.717, 1.165) is 0 Å². The Morgan fingerprint density at radius 2 is 1.45 bits per heavy atom. The van der Waals surface area contributed by atoms with Crippen molar-refractivity contribution < 1.29 is 28.8 Å². The number of hydrogen-bond donors (Lipinski definition) is 0. The van der Waals surface area contributed by atoms with E-state index in [4.69, 9.17) is 0 Å². The maximum absolute atomic E-state index is 11.6. The minimum absolute atomic E-state index is 0.0105. The van der Waals surface area contributed by atoms with Crippen LogP contribution in [0.3, 0.4) is 0 Å². The van der Waals surface area contributed by atoms with E-state index in [1.165, 1.54) is 0 Å². The maximum atomic E-state index is 11.6. The smallest absolute Gasteiger partial charge is 0.328 e. The lowest BCUT2D eigenvalue weighted by Crippen LogP contribution is -2.40. The van der Waals surface area contributed by atoms with Gasteiger partial charge < -0.3 is 4.84 Å². The summed E-state index contributed by atoms with van der Waals surface area (Å²) >= 11 is 5.79. The summed E-state index contributed by atoms with van der Waals surface area (Å²) in [6, 6.07) is 0. The fourth-order valence-electron chi connectivity index (χ4n) is 1.58. The number of carbonyl (C=O) groups is 5. The van der Waals surface area contributed by atoms with Gasteiger partial charge in [0, 0.05) is 12.8 Å². The summed E-state index contributed by atoms with van der Waals surface area (Å²) in [4.78, 5) is 62.6. The molecule has 20 heavy (non-hydrogen) atoms. The number of carbonyl (C=O) groups excluding carboxylic acids is 5. The molecule has 10 heteroatoms. The molecule has 0 aromatic heterocycles. The molecular formula is C10H6Br2N2O6. The number of halogens is 2. The minimum atomic E-state index is -1.06. The fourth-order valence-corrected chi connectivity index (χ4v) is 2.35. The van der Waals surface area contributed by atoms with Crippen LogP contribution in [0.1, 0.15) is 12.8 Å². The van der Waals surface area contributed by atoms with Crippen LogP contribution < -0.4 is 0 Å². The van der Waals surface area contributed by atoms with Gasteiger partial charge >= 0.3 is 5.97 Å². The molecule has 106 valence electrons. The molecule has 0 atom stereocenters. The number of rotatable bonds is 3. The first-order chi connectivity index (χ1) is 9.32. The first-order valence-corrected chi connectivity index (χ1v) is 6.89. The van der Waals surface area contributed by atoms with Gasteiger partial charge in [-0.15, -0.1) is 5.06 Å². The molecule has 0 unspecified atom stereocenters. The molecule has 0 radical (unpaired) electrons. The molecule has 2 rings (SSSR count). The Morgan fingerprint density at radius 1 is 1.00 bits per heavy atom. The molecule has 4 amide bonds. The molecule has 0 N–H and O–H groups in total. The molecular weight excluding hydrogens is 404 g/mol. The van der Waals surface area contributed by atoms with Crippen LogP contribution in [0.4, 0.5) is 0 Å². The molecule has 8 nitrogen and oxygen atoms in total. The van der Waals surface area contributed by atoms with Gasteiger partial charge in [-0.2, -0.15) is 0 Å². The van der Waals surface area contributed by atoms with E-state index in [1.54, 1.807) is 0 Å². The van der Waals surface area contributed by atoms with Crippen LogP contribution in [0, 0.1) is 0 Å². The van der Waals surface area contributed by atoms with Crippen molar-refractivity contribution in [3.8, 4) is 0 Å². The molecule has 0 spiro atoms. The van der Waals surface area contributed by atoms with E-state index in [9.17, 15) is 24.0 Å². The highest BCUT2D eigenvalue weighted by molar-refractivity contribution is 9.14. The van der Waals surface area contributed by atoms with E-state index in [1.807, 2.05) is 0 Å². The van der Waals surface area contributed by atoms with Crippen LogP contribution in [0.2, 0.25) is 0 Å². The highest BCUT2D eigenvalue weighted by Crippen LogP contribution is 2.29. The highest BCUT2D eigenvalue weighted by Gasteiger charge is 2.39. The standard InChI is InChI=1S/C10H6Br2N2O6/c11-7-8(12)10(19)13(9(7)18)3-6(17)20-14-4(15)1-2-5(14)16/h1-3H2. The lowest BCUT2D eigenvalue weighted by atomic mass is 10.4. The third-order valence-electron chi connectivity index (χ3n) is 2.54. The van der Waals surface area contributed by atoms with Crippen molar-refractivity contribution in [2.45, 2.75) is 12.8 Å².